The van der Waals surface area contributed by atoms with Gasteiger partial charge in [-0.15, -0.1) is 0 Å². The quantitative estimate of drug-likeness (QED) is 0.463. The highest BCUT2D eigenvalue weighted by atomic mass is 16.6. The molecular weight excluding hydrogens is 270 g/mol. The van der Waals surface area contributed by atoms with Gasteiger partial charge in [-0.05, 0) is 18.1 Å². The van der Waals surface area contributed by atoms with E-state index < -0.39 is 4.92 Å². The molecule has 2 rings (SSSR count). The van der Waals surface area contributed by atoms with E-state index in [1.54, 1.807) is 24.3 Å². The Morgan fingerprint density at radius 1 is 1.14 bits per heavy atom. The maximum Gasteiger partial charge on any atom is 0.310 e. The van der Waals surface area contributed by atoms with Crippen LogP contribution in [0.4, 0.5) is 5.69 Å². The molecular formula is C16H15NO4. The normalized spacial score (nSPS) is 10.1. The highest BCUT2D eigenvalue weighted by molar-refractivity contribution is 5.97. The zero-order chi connectivity index (χ0) is 15.2. The standard InChI is InChI=1S/C16H15NO4/c1-2-12-7-9-13(10-8-12)15(18)11-21-16-6-4-3-5-14(16)17(19)20/h3-10H,2,11H2,1H3. The first-order valence-corrected chi connectivity index (χ1v) is 6.60. The third-order valence-electron chi connectivity index (χ3n) is 3.10. The summed E-state index contributed by atoms with van der Waals surface area (Å²) in [6.45, 7) is 1.81. The molecule has 0 unspecified atom stereocenters. The number of rotatable bonds is 6. The lowest BCUT2D eigenvalue weighted by Gasteiger charge is -2.06. The van der Waals surface area contributed by atoms with Crippen molar-refractivity contribution < 1.29 is 14.5 Å². The molecule has 0 saturated heterocycles. The van der Waals surface area contributed by atoms with Gasteiger partial charge in [0.15, 0.2) is 18.1 Å². The average Bonchev–Trinajstić information content (AvgIpc) is 2.52. The molecule has 0 aliphatic rings. The zero-order valence-corrected chi connectivity index (χ0v) is 11.6. The Kier molecular flexibility index (Phi) is 4.66. The predicted octanol–water partition coefficient (Wildman–Crippen LogP) is 3.42. The first-order valence-electron chi connectivity index (χ1n) is 6.60. The van der Waals surface area contributed by atoms with Crippen molar-refractivity contribution in [2.24, 2.45) is 0 Å². The molecule has 0 spiro atoms. The molecule has 0 bridgehead atoms. The minimum absolute atomic E-state index is 0.0982. The number of hydrogen-bond acceptors (Lipinski definition) is 4. The van der Waals surface area contributed by atoms with Crippen LogP contribution < -0.4 is 4.74 Å². The van der Waals surface area contributed by atoms with Crippen LogP contribution in [0.25, 0.3) is 0 Å². The van der Waals surface area contributed by atoms with Gasteiger partial charge in [0.05, 0.1) is 4.92 Å². The Morgan fingerprint density at radius 2 is 1.81 bits per heavy atom. The van der Waals surface area contributed by atoms with Crippen LogP contribution in [0.15, 0.2) is 48.5 Å². The van der Waals surface area contributed by atoms with E-state index in [1.165, 1.54) is 12.1 Å². The fourth-order valence-electron chi connectivity index (χ4n) is 1.88. The van der Waals surface area contributed by atoms with Crippen molar-refractivity contribution in [1.29, 1.82) is 0 Å². The van der Waals surface area contributed by atoms with Crippen molar-refractivity contribution in [2.75, 3.05) is 6.61 Å². The molecule has 5 heteroatoms. The van der Waals surface area contributed by atoms with Gasteiger partial charge in [0.25, 0.3) is 0 Å². The molecule has 0 atom stereocenters. The summed E-state index contributed by atoms with van der Waals surface area (Å²) in [5.74, 6) is -0.114. The van der Waals surface area contributed by atoms with Gasteiger partial charge in [0, 0.05) is 11.6 Å². The number of carbonyl (C=O) groups excluding carboxylic acids is 1. The summed E-state index contributed by atoms with van der Waals surface area (Å²) in [4.78, 5) is 22.3. The van der Waals surface area contributed by atoms with Crippen LogP contribution in [0.1, 0.15) is 22.8 Å². The number of ketones is 1. The van der Waals surface area contributed by atoms with E-state index in [1.807, 2.05) is 19.1 Å². The Balaban J connectivity index is 2.05. The molecule has 21 heavy (non-hydrogen) atoms. The van der Waals surface area contributed by atoms with E-state index in [9.17, 15) is 14.9 Å². The molecule has 0 aliphatic heterocycles. The van der Waals surface area contributed by atoms with Crippen LogP contribution in [0, 0.1) is 10.1 Å². The Hall–Kier alpha value is -2.69. The van der Waals surface area contributed by atoms with Gasteiger partial charge < -0.3 is 4.74 Å². The number of aryl methyl sites for hydroxylation is 1. The zero-order valence-electron chi connectivity index (χ0n) is 11.6. The molecule has 2 aromatic carbocycles. The van der Waals surface area contributed by atoms with E-state index in [0.29, 0.717) is 5.56 Å². The van der Waals surface area contributed by atoms with Crippen LogP contribution in [0.2, 0.25) is 0 Å². The largest absolute Gasteiger partial charge is 0.478 e. The molecule has 0 N–H and O–H groups in total. The third kappa shape index (κ3) is 3.66. The van der Waals surface area contributed by atoms with Gasteiger partial charge in [0.1, 0.15) is 0 Å². The summed E-state index contributed by atoms with van der Waals surface area (Å²) in [6.07, 6.45) is 0.904. The van der Waals surface area contributed by atoms with Crippen molar-refractivity contribution >= 4 is 11.5 Å². The molecule has 0 radical (unpaired) electrons. The highest BCUT2D eigenvalue weighted by Crippen LogP contribution is 2.25. The van der Waals surface area contributed by atoms with Crippen molar-refractivity contribution in [2.45, 2.75) is 13.3 Å². The Morgan fingerprint density at radius 3 is 2.43 bits per heavy atom. The highest BCUT2D eigenvalue weighted by Gasteiger charge is 2.15. The van der Waals surface area contributed by atoms with Gasteiger partial charge in [0.2, 0.25) is 0 Å². The number of carbonyl (C=O) groups is 1. The van der Waals surface area contributed by atoms with Crippen LogP contribution in [-0.4, -0.2) is 17.3 Å². The lowest BCUT2D eigenvalue weighted by molar-refractivity contribution is -0.385. The second-order valence-corrected chi connectivity index (χ2v) is 4.49. The van der Waals surface area contributed by atoms with Crippen molar-refractivity contribution in [3.05, 3.63) is 69.8 Å². The van der Waals surface area contributed by atoms with Crippen LogP contribution >= 0.6 is 0 Å². The second-order valence-electron chi connectivity index (χ2n) is 4.49. The smallest absolute Gasteiger partial charge is 0.310 e. The first kappa shape index (κ1) is 14.7. The Bertz CT molecular complexity index is 650. The van der Waals surface area contributed by atoms with E-state index in [-0.39, 0.29) is 23.8 Å². The third-order valence-corrected chi connectivity index (χ3v) is 3.10. The van der Waals surface area contributed by atoms with Gasteiger partial charge >= 0.3 is 5.69 Å². The fourth-order valence-corrected chi connectivity index (χ4v) is 1.88. The molecule has 2 aromatic rings. The number of benzene rings is 2. The lowest BCUT2D eigenvalue weighted by atomic mass is 10.1. The summed E-state index contributed by atoms with van der Waals surface area (Å²) >= 11 is 0. The van der Waals surface area contributed by atoms with Crippen molar-refractivity contribution in [1.82, 2.24) is 0 Å². The average molecular weight is 285 g/mol. The number of hydrogen-bond donors (Lipinski definition) is 0. The first-order chi connectivity index (χ1) is 10.1. The van der Waals surface area contributed by atoms with Gasteiger partial charge in [-0.25, -0.2) is 0 Å². The second kappa shape index (κ2) is 6.65. The maximum absolute atomic E-state index is 12.0. The van der Waals surface area contributed by atoms with E-state index in [0.717, 1.165) is 12.0 Å². The van der Waals surface area contributed by atoms with Gasteiger partial charge in [-0.1, -0.05) is 43.3 Å². The van der Waals surface area contributed by atoms with Crippen LogP contribution in [-0.2, 0) is 6.42 Å². The molecule has 0 aliphatic carbocycles. The summed E-state index contributed by atoms with van der Waals surface area (Å²) in [5, 5.41) is 10.8. The SMILES string of the molecule is CCc1ccc(C(=O)COc2ccccc2[N+](=O)[O-])cc1. The summed E-state index contributed by atoms with van der Waals surface area (Å²) < 4.78 is 5.28. The number of nitrogens with zero attached hydrogens (tertiary/aromatic N) is 1. The molecule has 5 nitrogen and oxygen atoms in total. The van der Waals surface area contributed by atoms with Crippen molar-refractivity contribution in [3.8, 4) is 5.75 Å². The van der Waals surface area contributed by atoms with Crippen molar-refractivity contribution in [3.63, 3.8) is 0 Å². The number of Topliss-reactive ketones (excluding diaryl/α,β-unsaturated/α-hetero) is 1. The van der Waals surface area contributed by atoms with E-state index in [4.69, 9.17) is 4.74 Å². The number of ether oxygens (including phenoxy) is 1. The lowest BCUT2D eigenvalue weighted by Crippen LogP contribution is -2.12. The summed E-state index contributed by atoms with van der Waals surface area (Å²) in [5.41, 5.74) is 1.53. The summed E-state index contributed by atoms with van der Waals surface area (Å²) in [6, 6.07) is 13.3. The number of para-hydroxylation sites is 2. The van der Waals surface area contributed by atoms with E-state index >= 15 is 0 Å². The molecule has 0 fully saturated rings. The fraction of sp³-hybridized carbons (Fsp3) is 0.188. The maximum atomic E-state index is 12.0. The molecule has 108 valence electrons. The van der Waals surface area contributed by atoms with E-state index in [2.05, 4.69) is 0 Å². The van der Waals surface area contributed by atoms with Crippen LogP contribution in [0.5, 0.6) is 5.75 Å². The molecule has 0 heterocycles. The van der Waals surface area contributed by atoms with Gasteiger partial charge in [-0.3, -0.25) is 14.9 Å². The Labute approximate surface area is 122 Å². The van der Waals surface area contributed by atoms with Gasteiger partial charge in [-0.2, -0.15) is 0 Å². The van der Waals surface area contributed by atoms with Crippen LogP contribution in [0.3, 0.4) is 0 Å². The molecule has 0 aromatic heterocycles. The number of nitro benzene ring substituents is 1. The minimum atomic E-state index is -0.532. The topological polar surface area (TPSA) is 69.4 Å². The molecule has 0 amide bonds. The minimum Gasteiger partial charge on any atom is -0.478 e. The summed E-state index contributed by atoms with van der Waals surface area (Å²) in [7, 11) is 0. The molecule has 0 saturated carbocycles. The number of nitro groups is 1. The predicted molar refractivity (Wildman–Crippen MR) is 78.7 cm³/mol. The monoisotopic (exact) mass is 285 g/mol.